The molecule has 0 aliphatic carbocycles. The van der Waals surface area contributed by atoms with Crippen LogP contribution in [-0.2, 0) is 13.0 Å². The number of hydrogen-bond donors (Lipinski definition) is 1. The van der Waals surface area contributed by atoms with Crippen molar-refractivity contribution in [3.63, 3.8) is 0 Å². The normalized spacial score (nSPS) is 13.5. The van der Waals surface area contributed by atoms with E-state index >= 15 is 0 Å². The van der Waals surface area contributed by atoms with Crippen molar-refractivity contribution in [3.8, 4) is 23.8 Å². The molecule has 1 N–H and O–H groups in total. The fraction of sp³-hybridized carbons (Fsp3) is 0.471. The number of nitrogens with zero attached hydrogens (tertiary/aromatic N) is 2. The maximum Gasteiger partial charge on any atom is 0.195 e. The van der Waals surface area contributed by atoms with Gasteiger partial charge in [-0.25, -0.2) is 4.99 Å². The summed E-state index contributed by atoms with van der Waals surface area (Å²) < 4.78 is 10.8. The number of halogens is 1. The van der Waals surface area contributed by atoms with Crippen LogP contribution in [0.1, 0.15) is 18.1 Å². The molecule has 0 saturated heterocycles. The lowest BCUT2D eigenvalue weighted by Gasteiger charge is -2.32. The van der Waals surface area contributed by atoms with Gasteiger partial charge in [-0.1, -0.05) is 5.92 Å². The van der Waals surface area contributed by atoms with E-state index in [4.69, 9.17) is 15.9 Å². The molecule has 1 aromatic rings. The maximum atomic E-state index is 5.39. The first kappa shape index (κ1) is 19.4. The maximum absolute atomic E-state index is 5.39. The number of methoxy groups -OCH3 is 2. The van der Waals surface area contributed by atoms with Crippen molar-refractivity contribution in [2.75, 3.05) is 33.9 Å². The van der Waals surface area contributed by atoms with Crippen LogP contribution in [-0.4, -0.2) is 44.7 Å². The van der Waals surface area contributed by atoms with Gasteiger partial charge in [0.05, 0.1) is 14.2 Å². The van der Waals surface area contributed by atoms with E-state index in [0.29, 0.717) is 6.54 Å². The number of aliphatic imine (C=N–C) groups is 1. The Balaban J connectivity index is 0.00000264. The summed E-state index contributed by atoms with van der Waals surface area (Å²) in [4.78, 5) is 6.66. The zero-order valence-electron chi connectivity index (χ0n) is 13.9. The lowest BCUT2D eigenvalue weighted by atomic mass is 9.99. The monoisotopic (exact) mass is 429 g/mol. The summed E-state index contributed by atoms with van der Waals surface area (Å²) in [6.07, 6.45) is 6.26. The van der Waals surface area contributed by atoms with E-state index in [1.807, 2.05) is 6.07 Å². The average Bonchev–Trinajstić information content (AvgIpc) is 2.56. The van der Waals surface area contributed by atoms with Crippen molar-refractivity contribution in [3.05, 3.63) is 23.3 Å². The third-order valence-corrected chi connectivity index (χ3v) is 3.67. The van der Waals surface area contributed by atoms with Gasteiger partial charge in [-0.3, -0.25) is 0 Å². The number of hydrogen-bond acceptors (Lipinski definition) is 3. The third kappa shape index (κ3) is 4.67. The summed E-state index contributed by atoms with van der Waals surface area (Å²) in [5.41, 5.74) is 2.52. The fourth-order valence-corrected chi connectivity index (χ4v) is 2.61. The molecule has 1 heterocycles. The fourth-order valence-electron chi connectivity index (χ4n) is 2.61. The highest BCUT2D eigenvalue weighted by Gasteiger charge is 2.21. The van der Waals surface area contributed by atoms with Crippen LogP contribution in [0.2, 0.25) is 0 Å². The third-order valence-electron chi connectivity index (χ3n) is 3.67. The topological polar surface area (TPSA) is 46.1 Å². The smallest absolute Gasteiger partial charge is 0.195 e. The van der Waals surface area contributed by atoms with E-state index in [1.165, 1.54) is 11.1 Å². The lowest BCUT2D eigenvalue weighted by molar-refractivity contribution is 0.346. The van der Waals surface area contributed by atoms with Crippen LogP contribution in [0.5, 0.6) is 11.5 Å². The van der Waals surface area contributed by atoms with Crippen molar-refractivity contribution in [1.82, 2.24) is 10.2 Å². The molecule has 5 nitrogen and oxygen atoms in total. The molecule has 23 heavy (non-hydrogen) atoms. The Hall–Kier alpha value is -1.62. The number of guanidine groups is 1. The van der Waals surface area contributed by atoms with Gasteiger partial charge in [-0.15, -0.1) is 30.4 Å². The highest BCUT2D eigenvalue weighted by molar-refractivity contribution is 14.0. The highest BCUT2D eigenvalue weighted by atomic mass is 127. The number of rotatable bonds is 4. The largest absolute Gasteiger partial charge is 0.493 e. The molecule has 1 aliphatic heterocycles. The molecule has 0 fully saturated rings. The van der Waals surface area contributed by atoms with Crippen molar-refractivity contribution in [2.24, 2.45) is 4.99 Å². The van der Waals surface area contributed by atoms with Crippen molar-refractivity contribution in [1.29, 1.82) is 0 Å². The number of ether oxygens (including phenoxy) is 2. The Morgan fingerprint density at radius 1 is 1.30 bits per heavy atom. The average molecular weight is 429 g/mol. The van der Waals surface area contributed by atoms with E-state index in [9.17, 15) is 0 Å². The zero-order valence-corrected chi connectivity index (χ0v) is 16.2. The zero-order chi connectivity index (χ0) is 15.9. The Bertz CT molecular complexity index is 596. The summed E-state index contributed by atoms with van der Waals surface area (Å²) in [5, 5.41) is 3.29. The minimum absolute atomic E-state index is 0. The van der Waals surface area contributed by atoms with Crippen LogP contribution < -0.4 is 14.8 Å². The van der Waals surface area contributed by atoms with Crippen LogP contribution in [0.4, 0.5) is 0 Å². The van der Waals surface area contributed by atoms with Gasteiger partial charge in [0.2, 0.25) is 0 Å². The van der Waals surface area contributed by atoms with Crippen LogP contribution >= 0.6 is 24.0 Å². The lowest BCUT2D eigenvalue weighted by Crippen LogP contribution is -2.44. The molecule has 0 spiro atoms. The molecule has 0 atom stereocenters. The predicted octanol–water partition coefficient (Wildman–Crippen LogP) is 2.28. The van der Waals surface area contributed by atoms with E-state index in [2.05, 4.69) is 34.1 Å². The van der Waals surface area contributed by atoms with E-state index < -0.39 is 0 Å². The first-order chi connectivity index (χ1) is 10.7. The van der Waals surface area contributed by atoms with E-state index in [1.54, 1.807) is 14.2 Å². The quantitative estimate of drug-likeness (QED) is 0.345. The van der Waals surface area contributed by atoms with Gasteiger partial charge >= 0.3 is 0 Å². The number of terminal acetylenes is 1. The molecule has 0 saturated carbocycles. The number of nitrogens with one attached hydrogen (secondary N) is 1. The molecule has 0 amide bonds. The van der Waals surface area contributed by atoms with Crippen LogP contribution in [0.25, 0.3) is 0 Å². The summed E-state index contributed by atoms with van der Waals surface area (Å²) in [5.74, 6) is 4.96. The molecule has 0 radical (unpaired) electrons. The highest BCUT2D eigenvalue weighted by Crippen LogP contribution is 2.33. The first-order valence-corrected chi connectivity index (χ1v) is 7.44. The van der Waals surface area contributed by atoms with Crippen LogP contribution in [0, 0.1) is 12.3 Å². The van der Waals surface area contributed by atoms with Gasteiger partial charge in [0.25, 0.3) is 0 Å². The van der Waals surface area contributed by atoms with E-state index in [-0.39, 0.29) is 24.0 Å². The molecule has 1 aliphatic rings. The molecular formula is C17H24IN3O2. The van der Waals surface area contributed by atoms with Crippen LogP contribution in [0.15, 0.2) is 17.1 Å². The Labute approximate surface area is 155 Å². The Morgan fingerprint density at radius 2 is 1.96 bits per heavy atom. The SMILES string of the molecule is C#CCN=C(NCC)N1CCc2cc(OC)c(OC)cc2C1.I. The van der Waals surface area contributed by atoms with Crippen molar-refractivity contribution < 1.29 is 9.47 Å². The first-order valence-electron chi connectivity index (χ1n) is 7.44. The Kier molecular flexibility index (Phi) is 8.03. The minimum atomic E-state index is 0. The molecule has 126 valence electrons. The summed E-state index contributed by atoms with van der Waals surface area (Å²) in [7, 11) is 3.32. The summed E-state index contributed by atoms with van der Waals surface area (Å²) >= 11 is 0. The van der Waals surface area contributed by atoms with Gasteiger partial charge < -0.3 is 19.7 Å². The number of benzene rings is 1. The summed E-state index contributed by atoms with van der Waals surface area (Å²) in [6, 6.07) is 4.11. The second-order valence-electron chi connectivity index (χ2n) is 5.02. The standard InChI is InChI=1S/C17H23N3O2.HI/c1-5-8-19-17(18-6-2)20-9-7-13-10-15(21-3)16(22-4)11-14(13)12-20;/h1,10-11H,6-9,12H2,2-4H3,(H,18,19);1H. The van der Waals surface area contributed by atoms with Gasteiger partial charge in [0.1, 0.15) is 6.54 Å². The van der Waals surface area contributed by atoms with Gasteiger partial charge in [0.15, 0.2) is 17.5 Å². The van der Waals surface area contributed by atoms with Gasteiger partial charge in [0, 0.05) is 19.6 Å². The molecular weight excluding hydrogens is 405 g/mol. The molecule has 0 bridgehead atoms. The molecule has 2 rings (SSSR count). The number of fused-ring (bicyclic) bond motifs is 1. The molecule has 1 aromatic carbocycles. The second kappa shape index (κ2) is 9.50. The van der Waals surface area contributed by atoms with Crippen molar-refractivity contribution >= 4 is 29.9 Å². The second-order valence-corrected chi connectivity index (χ2v) is 5.02. The van der Waals surface area contributed by atoms with Crippen molar-refractivity contribution in [2.45, 2.75) is 19.9 Å². The van der Waals surface area contributed by atoms with Crippen LogP contribution in [0.3, 0.4) is 0 Å². The minimum Gasteiger partial charge on any atom is -0.493 e. The molecule has 0 aromatic heterocycles. The predicted molar refractivity (Wildman–Crippen MR) is 104 cm³/mol. The Morgan fingerprint density at radius 3 is 2.52 bits per heavy atom. The van der Waals surface area contributed by atoms with Gasteiger partial charge in [-0.2, -0.15) is 0 Å². The molecule has 6 heteroatoms. The molecule has 0 unspecified atom stereocenters. The summed E-state index contributed by atoms with van der Waals surface area (Å²) in [6.45, 7) is 4.94. The van der Waals surface area contributed by atoms with Gasteiger partial charge in [-0.05, 0) is 36.6 Å². The van der Waals surface area contributed by atoms with E-state index in [0.717, 1.165) is 43.5 Å².